The van der Waals surface area contributed by atoms with Crippen LogP contribution in [0.15, 0.2) is 219 Å². The first kappa shape index (κ1) is 36.8. The summed E-state index contributed by atoms with van der Waals surface area (Å²) in [5.41, 5.74) is 7.14. The van der Waals surface area contributed by atoms with Crippen LogP contribution in [0.5, 0.6) is 0 Å². The van der Waals surface area contributed by atoms with Gasteiger partial charge in [0.2, 0.25) is 8.07 Å². The fourth-order valence-electron chi connectivity index (χ4n) is 10.8. The molecule has 0 aliphatic heterocycles. The SMILES string of the molecule is c1ccc([Si](c2ccccc2)(c2nccc3c2sc2ccc(-n4c5ccccc5c5ccccc54)cc23)c2nccc3c2sc2ccc(-n4c5ccccc5c5ccccc54)cc23)cc1. The molecule has 0 saturated heterocycles. The van der Waals surface area contributed by atoms with E-state index in [0.717, 1.165) is 22.0 Å². The molecule has 8 aromatic carbocycles. The van der Waals surface area contributed by atoms with Crippen molar-refractivity contribution < 1.29 is 0 Å². The van der Waals surface area contributed by atoms with Crippen LogP contribution in [0.25, 0.3) is 95.3 Å². The molecule has 65 heavy (non-hydrogen) atoms. The van der Waals surface area contributed by atoms with Crippen LogP contribution >= 0.6 is 22.7 Å². The number of rotatable bonds is 6. The number of para-hydroxylation sites is 4. The molecule has 0 atom stereocenters. The first-order valence-corrected chi connectivity index (χ1v) is 25.6. The quantitative estimate of drug-likeness (QED) is 0.156. The second-order valence-corrected chi connectivity index (χ2v) is 22.6. The molecule has 304 valence electrons. The largest absolute Gasteiger partial charge is 0.309 e. The molecule has 0 radical (unpaired) electrons. The molecule has 14 aromatic rings. The average molecular weight is 881 g/mol. The van der Waals surface area contributed by atoms with Crippen LogP contribution < -0.4 is 21.0 Å². The minimum atomic E-state index is -3.24. The van der Waals surface area contributed by atoms with Gasteiger partial charge in [-0.3, -0.25) is 9.97 Å². The van der Waals surface area contributed by atoms with Gasteiger partial charge in [0.15, 0.2) is 0 Å². The number of benzene rings is 8. The highest BCUT2D eigenvalue weighted by Crippen LogP contribution is 2.40. The molecule has 14 rings (SSSR count). The van der Waals surface area contributed by atoms with E-state index in [2.05, 4.69) is 215 Å². The minimum Gasteiger partial charge on any atom is -0.309 e. The summed E-state index contributed by atoms with van der Waals surface area (Å²) in [7, 11) is -3.24. The van der Waals surface area contributed by atoms with Crippen LogP contribution in [0.2, 0.25) is 0 Å². The summed E-state index contributed by atoms with van der Waals surface area (Å²) in [6.45, 7) is 0. The van der Waals surface area contributed by atoms with Crippen molar-refractivity contribution in [1.82, 2.24) is 19.1 Å². The lowest BCUT2D eigenvalue weighted by Gasteiger charge is -2.32. The molecule has 6 aromatic heterocycles. The lowest BCUT2D eigenvalue weighted by Crippen LogP contribution is -2.76. The minimum absolute atomic E-state index is 1.12. The highest BCUT2D eigenvalue weighted by atomic mass is 32.1. The molecule has 0 aliphatic carbocycles. The molecule has 0 fully saturated rings. The van der Waals surface area contributed by atoms with E-state index in [-0.39, 0.29) is 0 Å². The van der Waals surface area contributed by atoms with Crippen LogP contribution in [-0.2, 0) is 0 Å². The van der Waals surface area contributed by atoms with Gasteiger partial charge in [0.05, 0.1) is 42.1 Å². The van der Waals surface area contributed by atoms with E-state index >= 15 is 0 Å². The zero-order chi connectivity index (χ0) is 42.6. The highest BCUT2D eigenvalue weighted by molar-refractivity contribution is 7.33. The fourth-order valence-corrected chi connectivity index (χ4v) is 18.7. The number of thiophene rings is 2. The first-order valence-electron chi connectivity index (χ1n) is 22.0. The predicted octanol–water partition coefficient (Wildman–Crippen LogP) is 12.8. The van der Waals surface area contributed by atoms with E-state index < -0.39 is 8.07 Å². The maximum absolute atomic E-state index is 5.55. The number of nitrogens with zero attached hydrogens (tertiary/aromatic N) is 4. The highest BCUT2D eigenvalue weighted by Gasteiger charge is 2.47. The number of hydrogen-bond donors (Lipinski definition) is 0. The molecule has 0 spiro atoms. The molecule has 0 amide bonds. The normalized spacial score (nSPS) is 12.3. The Labute approximate surface area is 382 Å². The van der Waals surface area contributed by atoms with E-state index in [4.69, 9.17) is 9.97 Å². The van der Waals surface area contributed by atoms with Gasteiger partial charge in [0.25, 0.3) is 0 Å². The van der Waals surface area contributed by atoms with Gasteiger partial charge >= 0.3 is 0 Å². The van der Waals surface area contributed by atoms with Crippen molar-refractivity contribution in [2.75, 3.05) is 0 Å². The van der Waals surface area contributed by atoms with E-state index in [1.807, 2.05) is 35.1 Å². The van der Waals surface area contributed by atoms with Gasteiger partial charge in [-0.15, -0.1) is 22.7 Å². The van der Waals surface area contributed by atoms with Gasteiger partial charge < -0.3 is 9.13 Å². The Kier molecular flexibility index (Phi) is 8.01. The second-order valence-electron chi connectivity index (χ2n) is 16.9. The summed E-state index contributed by atoms with van der Waals surface area (Å²) in [5.74, 6) is 0. The lowest BCUT2D eigenvalue weighted by atomic mass is 10.1. The van der Waals surface area contributed by atoms with Gasteiger partial charge in [0, 0.05) is 76.3 Å². The molecule has 0 saturated carbocycles. The van der Waals surface area contributed by atoms with Crippen molar-refractivity contribution >= 4 is 136 Å². The number of pyridine rings is 2. The Hall–Kier alpha value is -7.68. The van der Waals surface area contributed by atoms with E-state index in [1.165, 1.54) is 94.3 Å². The monoisotopic (exact) mass is 880 g/mol. The molecule has 0 bridgehead atoms. The third kappa shape index (κ3) is 5.23. The van der Waals surface area contributed by atoms with Crippen molar-refractivity contribution in [1.29, 1.82) is 0 Å². The van der Waals surface area contributed by atoms with Crippen molar-refractivity contribution in [3.8, 4) is 11.4 Å². The molecular formula is C58H36N4S2Si. The third-order valence-corrected chi connectivity index (χ3v) is 20.9. The Bertz CT molecular complexity index is 3820. The summed E-state index contributed by atoms with van der Waals surface area (Å²) in [5, 5.41) is 14.7. The summed E-state index contributed by atoms with van der Waals surface area (Å²) < 4.78 is 9.76. The molecule has 0 unspecified atom stereocenters. The molecular weight excluding hydrogens is 845 g/mol. The van der Waals surface area contributed by atoms with Crippen LogP contribution in [0.1, 0.15) is 0 Å². The molecule has 0 N–H and O–H groups in total. The van der Waals surface area contributed by atoms with Gasteiger partial charge in [-0.2, -0.15) is 0 Å². The summed E-state index contributed by atoms with van der Waals surface area (Å²) in [4.78, 5) is 11.1. The van der Waals surface area contributed by atoms with Gasteiger partial charge in [0.1, 0.15) is 0 Å². The second kappa shape index (κ2) is 14.2. The van der Waals surface area contributed by atoms with Crippen molar-refractivity contribution in [2.24, 2.45) is 0 Å². The maximum Gasteiger partial charge on any atom is 0.227 e. The zero-order valence-electron chi connectivity index (χ0n) is 34.9. The van der Waals surface area contributed by atoms with Gasteiger partial charge in [-0.05, 0) is 83.2 Å². The fraction of sp³-hybridized carbons (Fsp3) is 0. The van der Waals surface area contributed by atoms with Crippen molar-refractivity contribution in [3.05, 3.63) is 219 Å². The van der Waals surface area contributed by atoms with Crippen molar-refractivity contribution in [3.63, 3.8) is 0 Å². The van der Waals surface area contributed by atoms with Crippen molar-refractivity contribution in [2.45, 2.75) is 0 Å². The lowest BCUT2D eigenvalue weighted by molar-refractivity contribution is 1.19. The third-order valence-electron chi connectivity index (χ3n) is 13.5. The first-order chi connectivity index (χ1) is 32.3. The predicted molar refractivity (Wildman–Crippen MR) is 280 cm³/mol. The van der Waals surface area contributed by atoms with Crippen LogP contribution in [0.3, 0.4) is 0 Å². The number of fused-ring (bicyclic) bond motifs is 12. The molecule has 6 heterocycles. The summed E-state index contributed by atoms with van der Waals surface area (Å²) >= 11 is 3.72. The van der Waals surface area contributed by atoms with Crippen LogP contribution in [0, 0.1) is 0 Å². The average Bonchev–Trinajstić information content (AvgIpc) is 4.13. The molecule has 0 aliphatic rings. The smallest absolute Gasteiger partial charge is 0.227 e. The van der Waals surface area contributed by atoms with E-state index in [1.54, 1.807) is 0 Å². The molecule has 7 heteroatoms. The van der Waals surface area contributed by atoms with Crippen LogP contribution in [0.4, 0.5) is 0 Å². The number of aromatic nitrogens is 4. The topological polar surface area (TPSA) is 35.6 Å². The summed E-state index contributed by atoms with van der Waals surface area (Å²) in [6.07, 6.45) is 4.10. The summed E-state index contributed by atoms with van der Waals surface area (Å²) in [6, 6.07) is 75.7. The standard InChI is InChI=1S/C58H36N4S2Si/c1-3-15-39(16-4-1)65(40-17-5-2-6-18-40,57-55-45(31-33-59-57)47-35-37(27-29-53(47)63-55)61-49-23-11-7-19-41(49)42-20-8-12-24-50(42)61)58-56-46(32-34-60-58)48-36-38(28-30-54(48)64-56)62-51-25-13-9-21-43(51)44-22-10-14-26-52(44)62/h1-36H. The Morgan fingerprint density at radius 3 is 1.06 bits per heavy atom. The zero-order valence-corrected chi connectivity index (χ0v) is 37.5. The Morgan fingerprint density at radius 2 is 0.677 bits per heavy atom. The maximum atomic E-state index is 5.55. The van der Waals surface area contributed by atoms with E-state index in [9.17, 15) is 0 Å². The Balaban J connectivity index is 1.04. The Morgan fingerprint density at radius 1 is 0.323 bits per heavy atom. The van der Waals surface area contributed by atoms with E-state index in [0.29, 0.717) is 0 Å². The number of hydrogen-bond acceptors (Lipinski definition) is 4. The van der Waals surface area contributed by atoms with Crippen LogP contribution in [-0.4, -0.2) is 27.2 Å². The van der Waals surface area contributed by atoms with Gasteiger partial charge in [-0.1, -0.05) is 133 Å². The molecule has 4 nitrogen and oxygen atoms in total. The van der Waals surface area contributed by atoms with Gasteiger partial charge in [-0.25, -0.2) is 0 Å².